The molecule has 0 fully saturated rings. The van der Waals surface area contributed by atoms with Gasteiger partial charge in [0, 0.05) is 11.3 Å². The van der Waals surface area contributed by atoms with Crippen LogP contribution in [0.4, 0.5) is 10.1 Å². The molecule has 1 N–H and O–H groups in total. The molecule has 104 valence electrons. The van der Waals surface area contributed by atoms with Gasteiger partial charge in [0.15, 0.2) is 0 Å². The molecule has 3 heteroatoms. The Morgan fingerprint density at radius 1 is 1.10 bits per heavy atom. The monoisotopic (exact) mass is 271 g/mol. The molecular weight excluding hydrogens is 253 g/mol. The van der Waals surface area contributed by atoms with Gasteiger partial charge in [-0.05, 0) is 48.2 Å². The second-order valence-electron chi connectivity index (χ2n) is 5.19. The smallest absolute Gasteiger partial charge is 0.255 e. The maximum absolute atomic E-state index is 13.4. The summed E-state index contributed by atoms with van der Waals surface area (Å²) in [6.07, 6.45) is 0. The average molecular weight is 271 g/mol. The fourth-order valence-corrected chi connectivity index (χ4v) is 1.89. The normalized spacial score (nSPS) is 10.7. The van der Waals surface area contributed by atoms with Crippen molar-refractivity contribution in [3.05, 3.63) is 65.0 Å². The van der Waals surface area contributed by atoms with E-state index in [1.165, 1.54) is 11.6 Å². The Balaban J connectivity index is 2.13. The first kappa shape index (κ1) is 14.3. The summed E-state index contributed by atoms with van der Waals surface area (Å²) in [5.41, 5.74) is 2.77. The van der Waals surface area contributed by atoms with Gasteiger partial charge in [0.2, 0.25) is 0 Å². The predicted octanol–water partition coefficient (Wildman–Crippen LogP) is 4.51. The Morgan fingerprint density at radius 3 is 2.30 bits per heavy atom. The van der Waals surface area contributed by atoms with Gasteiger partial charge < -0.3 is 5.32 Å². The Bertz CT molecular complexity index is 617. The summed E-state index contributed by atoms with van der Waals surface area (Å²) in [6.45, 7) is 5.89. The standard InChI is InChI=1S/C17H18FNO/c1-11(2)13-5-7-14(8-6-13)17(20)19-15-9-4-12(3)16(18)10-15/h4-11H,1-3H3,(H,19,20). The third kappa shape index (κ3) is 3.23. The van der Waals surface area contributed by atoms with Crippen molar-refractivity contribution in [3.8, 4) is 0 Å². The fourth-order valence-electron chi connectivity index (χ4n) is 1.89. The minimum Gasteiger partial charge on any atom is -0.322 e. The fraction of sp³-hybridized carbons (Fsp3) is 0.235. The van der Waals surface area contributed by atoms with E-state index in [-0.39, 0.29) is 11.7 Å². The highest BCUT2D eigenvalue weighted by Crippen LogP contribution is 2.17. The van der Waals surface area contributed by atoms with Crippen LogP contribution in [0.1, 0.15) is 41.3 Å². The number of rotatable bonds is 3. The van der Waals surface area contributed by atoms with Crippen molar-refractivity contribution in [1.29, 1.82) is 0 Å². The lowest BCUT2D eigenvalue weighted by Gasteiger charge is -2.08. The molecule has 0 saturated carbocycles. The molecule has 0 unspecified atom stereocenters. The van der Waals surface area contributed by atoms with Crippen molar-refractivity contribution in [2.75, 3.05) is 5.32 Å². The van der Waals surface area contributed by atoms with E-state index in [0.29, 0.717) is 22.7 Å². The molecular formula is C17H18FNO. The highest BCUT2D eigenvalue weighted by molar-refractivity contribution is 6.04. The third-order valence-corrected chi connectivity index (χ3v) is 3.27. The van der Waals surface area contributed by atoms with Crippen molar-refractivity contribution in [2.24, 2.45) is 0 Å². The van der Waals surface area contributed by atoms with Crippen LogP contribution in [-0.4, -0.2) is 5.91 Å². The van der Waals surface area contributed by atoms with Gasteiger partial charge in [0.25, 0.3) is 5.91 Å². The summed E-state index contributed by atoms with van der Waals surface area (Å²) in [7, 11) is 0. The van der Waals surface area contributed by atoms with Crippen LogP contribution in [0, 0.1) is 12.7 Å². The summed E-state index contributed by atoms with van der Waals surface area (Å²) < 4.78 is 13.4. The van der Waals surface area contributed by atoms with Crippen LogP contribution >= 0.6 is 0 Å². The number of carbonyl (C=O) groups is 1. The molecule has 2 aromatic carbocycles. The van der Waals surface area contributed by atoms with Crippen LogP contribution in [0.25, 0.3) is 0 Å². The van der Waals surface area contributed by atoms with Gasteiger partial charge in [0.1, 0.15) is 5.82 Å². The van der Waals surface area contributed by atoms with Gasteiger partial charge in [-0.15, -0.1) is 0 Å². The first-order valence-corrected chi connectivity index (χ1v) is 6.65. The minimum absolute atomic E-state index is 0.233. The molecule has 0 radical (unpaired) electrons. The Kier molecular flexibility index (Phi) is 4.18. The molecule has 0 aromatic heterocycles. The SMILES string of the molecule is Cc1ccc(NC(=O)c2ccc(C(C)C)cc2)cc1F. The second-order valence-corrected chi connectivity index (χ2v) is 5.19. The van der Waals surface area contributed by atoms with E-state index in [0.717, 1.165) is 0 Å². The van der Waals surface area contributed by atoms with Crippen molar-refractivity contribution >= 4 is 11.6 Å². The highest BCUT2D eigenvalue weighted by atomic mass is 19.1. The number of halogens is 1. The molecule has 2 aromatic rings. The molecule has 0 aliphatic rings. The molecule has 20 heavy (non-hydrogen) atoms. The molecule has 0 spiro atoms. The van der Waals surface area contributed by atoms with E-state index in [4.69, 9.17) is 0 Å². The topological polar surface area (TPSA) is 29.1 Å². The van der Waals surface area contributed by atoms with Crippen LogP contribution in [0.2, 0.25) is 0 Å². The molecule has 0 aliphatic carbocycles. The molecule has 0 aliphatic heterocycles. The van der Waals surface area contributed by atoms with Crippen LogP contribution in [-0.2, 0) is 0 Å². The van der Waals surface area contributed by atoms with Crippen molar-refractivity contribution < 1.29 is 9.18 Å². The molecule has 0 heterocycles. The van der Waals surface area contributed by atoms with Crippen molar-refractivity contribution in [1.82, 2.24) is 0 Å². The highest BCUT2D eigenvalue weighted by Gasteiger charge is 2.08. The number of anilines is 1. The van der Waals surface area contributed by atoms with Gasteiger partial charge in [-0.2, -0.15) is 0 Å². The lowest BCUT2D eigenvalue weighted by Crippen LogP contribution is -2.12. The maximum atomic E-state index is 13.4. The first-order chi connectivity index (χ1) is 9.47. The quantitative estimate of drug-likeness (QED) is 0.874. The predicted molar refractivity (Wildman–Crippen MR) is 79.6 cm³/mol. The summed E-state index contributed by atoms with van der Waals surface area (Å²) in [5, 5.41) is 2.70. The zero-order valence-electron chi connectivity index (χ0n) is 11.9. The lowest BCUT2D eigenvalue weighted by molar-refractivity contribution is 0.102. The summed E-state index contributed by atoms with van der Waals surface area (Å²) in [5.74, 6) is -0.125. The third-order valence-electron chi connectivity index (χ3n) is 3.27. The van der Waals surface area contributed by atoms with E-state index in [1.807, 2.05) is 12.1 Å². The molecule has 0 bridgehead atoms. The van der Waals surface area contributed by atoms with Crippen LogP contribution in [0.15, 0.2) is 42.5 Å². The van der Waals surface area contributed by atoms with Gasteiger partial charge in [0.05, 0.1) is 0 Å². The Labute approximate surface area is 118 Å². The van der Waals surface area contributed by atoms with Gasteiger partial charge in [-0.1, -0.05) is 32.0 Å². The number of aryl methyl sites for hydroxylation is 1. The molecule has 1 amide bonds. The van der Waals surface area contributed by atoms with E-state index in [2.05, 4.69) is 19.2 Å². The molecule has 0 saturated heterocycles. The van der Waals surface area contributed by atoms with E-state index in [9.17, 15) is 9.18 Å². The lowest BCUT2D eigenvalue weighted by atomic mass is 10.0. The number of hydrogen-bond donors (Lipinski definition) is 1. The molecule has 0 atom stereocenters. The van der Waals surface area contributed by atoms with Crippen molar-refractivity contribution in [3.63, 3.8) is 0 Å². The van der Waals surface area contributed by atoms with Gasteiger partial charge >= 0.3 is 0 Å². The first-order valence-electron chi connectivity index (χ1n) is 6.65. The molecule has 2 rings (SSSR count). The second kappa shape index (κ2) is 5.87. The summed E-state index contributed by atoms with van der Waals surface area (Å²) in [4.78, 5) is 12.1. The number of nitrogens with one attached hydrogen (secondary N) is 1. The molecule has 2 nitrogen and oxygen atoms in total. The van der Waals surface area contributed by atoms with Crippen molar-refractivity contribution in [2.45, 2.75) is 26.7 Å². The summed E-state index contributed by atoms with van der Waals surface area (Å²) >= 11 is 0. The van der Waals surface area contributed by atoms with E-state index < -0.39 is 0 Å². The van der Waals surface area contributed by atoms with E-state index in [1.54, 1.807) is 31.2 Å². The Morgan fingerprint density at radius 2 is 1.75 bits per heavy atom. The van der Waals surface area contributed by atoms with E-state index >= 15 is 0 Å². The minimum atomic E-state index is -0.321. The van der Waals surface area contributed by atoms with Gasteiger partial charge in [-0.3, -0.25) is 4.79 Å². The zero-order chi connectivity index (χ0) is 14.7. The Hall–Kier alpha value is -2.16. The van der Waals surface area contributed by atoms with Crippen LogP contribution in [0.5, 0.6) is 0 Å². The van der Waals surface area contributed by atoms with Gasteiger partial charge in [-0.25, -0.2) is 4.39 Å². The zero-order valence-corrected chi connectivity index (χ0v) is 11.9. The van der Waals surface area contributed by atoms with Crippen LogP contribution < -0.4 is 5.32 Å². The summed E-state index contributed by atoms with van der Waals surface area (Å²) in [6, 6.07) is 12.1. The number of benzene rings is 2. The largest absolute Gasteiger partial charge is 0.322 e. The number of amides is 1. The average Bonchev–Trinajstić information content (AvgIpc) is 2.43. The maximum Gasteiger partial charge on any atom is 0.255 e. The number of carbonyl (C=O) groups excluding carboxylic acids is 1. The number of hydrogen-bond acceptors (Lipinski definition) is 1. The van der Waals surface area contributed by atoms with Crippen LogP contribution in [0.3, 0.4) is 0 Å².